The number of nitrogens with zero attached hydrogens (tertiary/aromatic N) is 2. The van der Waals surface area contributed by atoms with Crippen LogP contribution < -0.4 is 15.4 Å². The Morgan fingerprint density at radius 1 is 1.17 bits per heavy atom. The number of hydrogen-bond acceptors (Lipinski definition) is 5. The third kappa shape index (κ3) is 11.4. The molecule has 2 N–H and O–H groups in total. The lowest BCUT2D eigenvalue weighted by molar-refractivity contribution is 0.123. The molecule has 7 nitrogen and oxygen atoms in total. The van der Waals surface area contributed by atoms with E-state index in [1.807, 2.05) is 38.1 Å². The zero-order valence-corrected chi connectivity index (χ0v) is 19.2. The highest BCUT2D eigenvalue weighted by atomic mass is 16.5. The van der Waals surface area contributed by atoms with Crippen molar-refractivity contribution in [2.45, 2.75) is 39.2 Å². The molecule has 170 valence electrons. The highest BCUT2D eigenvalue weighted by molar-refractivity contribution is 5.93. The minimum atomic E-state index is 0.167. The van der Waals surface area contributed by atoms with Gasteiger partial charge in [0.1, 0.15) is 5.75 Å². The number of hydrogen-bond donors (Lipinski definition) is 2. The molecule has 0 heterocycles. The Morgan fingerprint density at radius 2 is 1.93 bits per heavy atom. The Morgan fingerprint density at radius 3 is 2.60 bits per heavy atom. The Labute approximate surface area is 182 Å². The number of methoxy groups -OCH3 is 1. The van der Waals surface area contributed by atoms with Gasteiger partial charge in [0.15, 0.2) is 5.96 Å². The summed E-state index contributed by atoms with van der Waals surface area (Å²) in [7, 11) is 3.82. The second-order valence-electron chi connectivity index (χ2n) is 8.14. The molecule has 0 aliphatic heterocycles. The molecule has 1 aliphatic carbocycles. The number of nitrogens with one attached hydrogen (secondary N) is 2. The van der Waals surface area contributed by atoms with Crippen molar-refractivity contribution in [3.8, 4) is 5.75 Å². The molecule has 0 radical (unpaired) electrons. The minimum absolute atomic E-state index is 0.167. The van der Waals surface area contributed by atoms with Crippen LogP contribution in [0.5, 0.6) is 5.75 Å². The Hall–Kier alpha value is -1.83. The van der Waals surface area contributed by atoms with Gasteiger partial charge in [0.2, 0.25) is 0 Å². The van der Waals surface area contributed by atoms with Crippen molar-refractivity contribution in [2.24, 2.45) is 10.9 Å². The molecule has 30 heavy (non-hydrogen) atoms. The van der Waals surface area contributed by atoms with Gasteiger partial charge in [0.25, 0.3) is 0 Å². The normalized spacial score (nSPS) is 14.4. The quantitative estimate of drug-likeness (QED) is 0.258. The predicted octanol–water partition coefficient (Wildman–Crippen LogP) is 3.23. The first-order valence-electron chi connectivity index (χ1n) is 11.1. The monoisotopic (exact) mass is 420 g/mol. The molecular formula is C23H40N4O3. The van der Waals surface area contributed by atoms with E-state index in [4.69, 9.17) is 19.2 Å². The molecule has 0 spiro atoms. The van der Waals surface area contributed by atoms with Crippen molar-refractivity contribution in [3.63, 3.8) is 0 Å². The summed E-state index contributed by atoms with van der Waals surface area (Å²) < 4.78 is 16.6. The smallest absolute Gasteiger partial charge is 0.195 e. The van der Waals surface area contributed by atoms with Gasteiger partial charge in [-0.25, -0.2) is 0 Å². The van der Waals surface area contributed by atoms with Gasteiger partial charge in [-0.1, -0.05) is 0 Å². The Bertz CT molecular complexity index is 603. The molecule has 2 rings (SSSR count). The first-order chi connectivity index (χ1) is 14.6. The molecular weight excluding hydrogens is 380 g/mol. The van der Waals surface area contributed by atoms with E-state index in [0.29, 0.717) is 0 Å². The zero-order chi connectivity index (χ0) is 21.6. The van der Waals surface area contributed by atoms with Crippen LogP contribution in [0.3, 0.4) is 0 Å². The fourth-order valence-electron chi connectivity index (χ4n) is 2.78. The van der Waals surface area contributed by atoms with Gasteiger partial charge in [-0.3, -0.25) is 4.99 Å². The fraction of sp³-hybridized carbons (Fsp3) is 0.696. The van der Waals surface area contributed by atoms with Gasteiger partial charge in [0.05, 0.1) is 12.7 Å². The molecule has 1 fully saturated rings. The van der Waals surface area contributed by atoms with Crippen molar-refractivity contribution in [1.29, 1.82) is 0 Å². The standard InChI is InChI=1S/C23H40N4O3/c1-19(2)30-22-10-8-21(9-11-22)26-23(25-13-14-27(3)15-17-28-4)24-12-5-16-29-18-20-6-7-20/h8-11,19-20H,5-7,12-18H2,1-4H3,(H2,24,25,26). The summed E-state index contributed by atoms with van der Waals surface area (Å²) >= 11 is 0. The van der Waals surface area contributed by atoms with E-state index in [9.17, 15) is 0 Å². The summed E-state index contributed by atoms with van der Waals surface area (Å²) in [5, 5.41) is 6.82. The number of ether oxygens (including phenoxy) is 3. The lowest BCUT2D eigenvalue weighted by Crippen LogP contribution is -2.37. The van der Waals surface area contributed by atoms with Crippen molar-refractivity contribution >= 4 is 11.6 Å². The van der Waals surface area contributed by atoms with E-state index >= 15 is 0 Å². The number of benzene rings is 1. The second kappa shape index (κ2) is 14.2. The Balaban J connectivity index is 1.80. The third-order valence-electron chi connectivity index (χ3n) is 4.72. The van der Waals surface area contributed by atoms with Gasteiger partial charge in [-0.15, -0.1) is 0 Å². The average molecular weight is 421 g/mol. The van der Waals surface area contributed by atoms with E-state index in [1.165, 1.54) is 12.8 Å². The molecule has 0 unspecified atom stereocenters. The first-order valence-corrected chi connectivity index (χ1v) is 11.1. The van der Waals surface area contributed by atoms with Crippen molar-refractivity contribution in [3.05, 3.63) is 24.3 Å². The highest BCUT2D eigenvalue weighted by Gasteiger charge is 2.20. The first kappa shape index (κ1) is 24.4. The summed E-state index contributed by atoms with van der Waals surface area (Å²) in [6, 6.07) is 7.98. The maximum Gasteiger partial charge on any atom is 0.195 e. The number of aliphatic imine (C=N–C) groups is 1. The second-order valence-corrected chi connectivity index (χ2v) is 8.14. The predicted molar refractivity (Wildman–Crippen MR) is 124 cm³/mol. The van der Waals surface area contributed by atoms with Crippen LogP contribution in [0.15, 0.2) is 29.3 Å². The highest BCUT2D eigenvalue weighted by Crippen LogP contribution is 2.28. The van der Waals surface area contributed by atoms with E-state index < -0.39 is 0 Å². The summed E-state index contributed by atoms with van der Waals surface area (Å²) in [6.45, 7) is 9.83. The Kier molecular flexibility index (Phi) is 11.6. The number of guanidine groups is 1. The van der Waals surface area contributed by atoms with E-state index in [-0.39, 0.29) is 6.10 Å². The van der Waals surface area contributed by atoms with Gasteiger partial charge >= 0.3 is 0 Å². The summed E-state index contributed by atoms with van der Waals surface area (Å²) in [5.41, 5.74) is 0.982. The SMILES string of the molecule is COCCN(C)CCNC(=NCCCOCC1CC1)Nc1ccc(OC(C)C)cc1. The molecule has 0 amide bonds. The van der Waals surface area contributed by atoms with Crippen LogP contribution in [0.2, 0.25) is 0 Å². The van der Waals surface area contributed by atoms with Crippen LogP contribution in [-0.4, -0.2) is 77.1 Å². The maximum atomic E-state index is 5.72. The van der Waals surface area contributed by atoms with Crippen molar-refractivity contribution < 1.29 is 14.2 Å². The van der Waals surface area contributed by atoms with Crippen LogP contribution in [0.1, 0.15) is 33.1 Å². The van der Waals surface area contributed by atoms with E-state index in [0.717, 1.165) is 75.7 Å². The largest absolute Gasteiger partial charge is 0.491 e. The maximum absolute atomic E-state index is 5.72. The van der Waals surface area contributed by atoms with E-state index in [1.54, 1.807) is 7.11 Å². The van der Waals surface area contributed by atoms with Gasteiger partial charge < -0.3 is 29.7 Å². The van der Waals surface area contributed by atoms with Crippen LogP contribution >= 0.6 is 0 Å². The molecule has 0 atom stereocenters. The summed E-state index contributed by atoms with van der Waals surface area (Å²) in [5.74, 6) is 2.47. The van der Waals surface area contributed by atoms with Crippen LogP contribution in [0.25, 0.3) is 0 Å². The van der Waals surface area contributed by atoms with Crippen LogP contribution in [0, 0.1) is 5.92 Å². The molecule has 1 saturated carbocycles. The van der Waals surface area contributed by atoms with Crippen LogP contribution in [-0.2, 0) is 9.47 Å². The van der Waals surface area contributed by atoms with Crippen molar-refractivity contribution in [2.75, 3.05) is 65.5 Å². The topological polar surface area (TPSA) is 67.4 Å². The summed E-state index contributed by atoms with van der Waals surface area (Å²) in [6.07, 6.45) is 3.75. The molecule has 1 aliphatic rings. The number of rotatable bonds is 15. The number of likely N-dealkylation sites (N-methyl/N-ethyl adjacent to an activating group) is 1. The molecule has 0 saturated heterocycles. The van der Waals surface area contributed by atoms with E-state index in [2.05, 4.69) is 22.6 Å². The average Bonchev–Trinajstić information content (AvgIpc) is 3.54. The summed E-state index contributed by atoms with van der Waals surface area (Å²) in [4.78, 5) is 6.96. The lowest BCUT2D eigenvalue weighted by atomic mass is 10.3. The lowest BCUT2D eigenvalue weighted by Gasteiger charge is -2.18. The molecule has 0 aromatic heterocycles. The third-order valence-corrected chi connectivity index (χ3v) is 4.72. The van der Waals surface area contributed by atoms with Gasteiger partial charge in [-0.05, 0) is 70.3 Å². The fourth-order valence-corrected chi connectivity index (χ4v) is 2.78. The molecule has 1 aromatic rings. The molecule has 1 aromatic carbocycles. The minimum Gasteiger partial charge on any atom is -0.491 e. The molecule has 0 bridgehead atoms. The number of anilines is 1. The van der Waals surface area contributed by atoms with Crippen LogP contribution in [0.4, 0.5) is 5.69 Å². The molecule has 7 heteroatoms. The van der Waals surface area contributed by atoms with Crippen molar-refractivity contribution in [1.82, 2.24) is 10.2 Å². The zero-order valence-electron chi connectivity index (χ0n) is 19.2. The van der Waals surface area contributed by atoms with Gasteiger partial charge in [0, 0.05) is 52.2 Å². The van der Waals surface area contributed by atoms with Gasteiger partial charge in [-0.2, -0.15) is 0 Å².